The molecular formula is C19H22ClN2O2S+. The van der Waals surface area contributed by atoms with E-state index in [4.69, 9.17) is 11.6 Å². The van der Waals surface area contributed by atoms with E-state index in [0.29, 0.717) is 5.02 Å². The minimum Gasteiger partial charge on any atom is -0.337 e. The van der Waals surface area contributed by atoms with Gasteiger partial charge in [0.05, 0.1) is 42.7 Å². The summed E-state index contributed by atoms with van der Waals surface area (Å²) < 4.78 is 28.5. The molecule has 0 aliphatic carbocycles. The van der Waals surface area contributed by atoms with E-state index in [9.17, 15) is 8.42 Å². The number of nitrogens with one attached hydrogen (secondary N) is 1. The summed E-state index contributed by atoms with van der Waals surface area (Å²) >= 11 is 6.05. The molecule has 2 aliphatic heterocycles. The molecule has 0 saturated carbocycles. The summed E-state index contributed by atoms with van der Waals surface area (Å²) in [4.78, 5) is 1.72. The largest absolute Gasteiger partial charge is 0.337 e. The molecule has 0 bridgehead atoms. The van der Waals surface area contributed by atoms with Crippen LogP contribution < -0.4 is 9.21 Å². The lowest BCUT2D eigenvalue weighted by Crippen LogP contribution is -3.11. The first-order valence-corrected chi connectivity index (χ1v) is 10.4. The average Bonchev–Trinajstić information content (AvgIpc) is 2.88. The molecule has 1 unspecified atom stereocenters. The fourth-order valence-corrected chi connectivity index (χ4v) is 6.25. The summed E-state index contributed by atoms with van der Waals surface area (Å²) in [5.41, 5.74) is 3.16. The molecule has 1 saturated heterocycles. The predicted octanol–water partition coefficient (Wildman–Crippen LogP) is 2.23. The molecule has 3 atom stereocenters. The zero-order valence-corrected chi connectivity index (χ0v) is 15.9. The standard InChI is InChI=1S/C19H21ClN2O2S/c1-13-6-7-18-16(10-13)17-12-21(2)9-8-19(17)22(18)25(23,24)15-5-3-4-14(20)11-15/h3-7,10-11,17,19H,8-9,12H2,1-2H3/p+1/t17-,19-/m0/s1. The number of fused-ring (bicyclic) bond motifs is 3. The highest BCUT2D eigenvalue weighted by Gasteiger charge is 2.48. The maximum Gasteiger partial charge on any atom is 0.264 e. The Morgan fingerprint density at radius 3 is 2.76 bits per heavy atom. The predicted molar refractivity (Wildman–Crippen MR) is 100 cm³/mol. The number of hydrogen-bond donors (Lipinski definition) is 1. The molecule has 0 radical (unpaired) electrons. The molecule has 2 aliphatic rings. The number of likely N-dealkylation sites (N-methyl/N-ethyl adjacent to an activating group) is 1. The molecule has 6 heteroatoms. The molecule has 0 amide bonds. The summed E-state index contributed by atoms with van der Waals surface area (Å²) in [6.45, 7) is 4.00. The Morgan fingerprint density at radius 2 is 2.00 bits per heavy atom. The number of quaternary nitrogens is 1. The number of nitrogens with zero attached hydrogens (tertiary/aromatic N) is 1. The first-order valence-electron chi connectivity index (χ1n) is 8.60. The van der Waals surface area contributed by atoms with Crippen LogP contribution in [0.2, 0.25) is 5.02 Å². The van der Waals surface area contributed by atoms with Gasteiger partial charge in [-0.15, -0.1) is 0 Å². The van der Waals surface area contributed by atoms with Gasteiger partial charge in [-0.05, 0) is 36.8 Å². The van der Waals surface area contributed by atoms with Crippen molar-refractivity contribution in [1.82, 2.24) is 0 Å². The first-order chi connectivity index (χ1) is 11.9. The zero-order valence-electron chi connectivity index (χ0n) is 14.4. The molecule has 25 heavy (non-hydrogen) atoms. The highest BCUT2D eigenvalue weighted by Crippen LogP contribution is 2.45. The van der Waals surface area contributed by atoms with E-state index in [1.807, 2.05) is 12.1 Å². The van der Waals surface area contributed by atoms with Gasteiger partial charge in [0.25, 0.3) is 10.0 Å². The smallest absolute Gasteiger partial charge is 0.264 e. The summed E-state index contributed by atoms with van der Waals surface area (Å²) in [7, 11) is -1.46. The van der Waals surface area contributed by atoms with Gasteiger partial charge in [-0.25, -0.2) is 8.42 Å². The second kappa shape index (κ2) is 6.01. The van der Waals surface area contributed by atoms with Crippen LogP contribution in [0.5, 0.6) is 0 Å². The second-order valence-corrected chi connectivity index (χ2v) is 9.45. The average molecular weight is 378 g/mol. The molecule has 2 heterocycles. The van der Waals surface area contributed by atoms with E-state index in [1.54, 1.807) is 22.5 Å². The highest BCUT2D eigenvalue weighted by molar-refractivity contribution is 7.92. The number of rotatable bonds is 2. The maximum absolute atomic E-state index is 13.4. The van der Waals surface area contributed by atoms with E-state index < -0.39 is 10.0 Å². The van der Waals surface area contributed by atoms with E-state index in [-0.39, 0.29) is 16.9 Å². The van der Waals surface area contributed by atoms with Gasteiger partial charge in [0, 0.05) is 11.4 Å². The fourth-order valence-electron chi connectivity index (χ4n) is 4.21. The molecule has 0 spiro atoms. The minimum absolute atomic E-state index is 0.00974. The highest BCUT2D eigenvalue weighted by atomic mass is 35.5. The van der Waals surface area contributed by atoms with Gasteiger partial charge in [-0.2, -0.15) is 0 Å². The van der Waals surface area contributed by atoms with Gasteiger partial charge < -0.3 is 4.90 Å². The Balaban J connectivity index is 1.87. The van der Waals surface area contributed by atoms with Crippen LogP contribution in [0.15, 0.2) is 47.4 Å². The Bertz CT molecular complexity index is 929. The third-order valence-electron chi connectivity index (χ3n) is 5.37. The summed E-state index contributed by atoms with van der Waals surface area (Å²) in [6, 6.07) is 12.7. The lowest BCUT2D eigenvalue weighted by atomic mass is 9.89. The molecular weight excluding hydrogens is 356 g/mol. The monoisotopic (exact) mass is 377 g/mol. The fraction of sp³-hybridized carbons (Fsp3) is 0.368. The Labute approximate surface area is 154 Å². The Hall–Kier alpha value is -1.56. The third-order valence-corrected chi connectivity index (χ3v) is 7.44. The number of benzene rings is 2. The van der Waals surface area contributed by atoms with Crippen LogP contribution in [-0.2, 0) is 10.0 Å². The number of likely N-dealkylation sites (tertiary alicyclic amines) is 1. The van der Waals surface area contributed by atoms with Crippen molar-refractivity contribution in [3.8, 4) is 0 Å². The van der Waals surface area contributed by atoms with Crippen LogP contribution in [0.4, 0.5) is 5.69 Å². The van der Waals surface area contributed by atoms with Crippen molar-refractivity contribution >= 4 is 27.3 Å². The number of aryl methyl sites for hydroxylation is 1. The van der Waals surface area contributed by atoms with Gasteiger partial charge in [0.2, 0.25) is 0 Å². The quantitative estimate of drug-likeness (QED) is 0.872. The maximum atomic E-state index is 13.4. The molecule has 2 aromatic carbocycles. The van der Waals surface area contributed by atoms with E-state index in [0.717, 1.165) is 30.8 Å². The van der Waals surface area contributed by atoms with Gasteiger partial charge in [0.15, 0.2) is 0 Å². The lowest BCUT2D eigenvalue weighted by Gasteiger charge is -2.34. The third kappa shape index (κ3) is 2.75. The van der Waals surface area contributed by atoms with Crippen LogP contribution in [-0.4, -0.2) is 34.6 Å². The van der Waals surface area contributed by atoms with Gasteiger partial charge in [-0.1, -0.05) is 35.4 Å². The Morgan fingerprint density at radius 1 is 1.20 bits per heavy atom. The van der Waals surface area contributed by atoms with Gasteiger partial charge in [0.1, 0.15) is 0 Å². The van der Waals surface area contributed by atoms with Crippen molar-refractivity contribution in [3.63, 3.8) is 0 Å². The molecule has 2 aromatic rings. The summed E-state index contributed by atoms with van der Waals surface area (Å²) in [6.07, 6.45) is 0.865. The number of anilines is 1. The number of sulfonamides is 1. The minimum atomic E-state index is -3.64. The van der Waals surface area contributed by atoms with Crippen LogP contribution in [0.1, 0.15) is 23.5 Å². The van der Waals surface area contributed by atoms with E-state index >= 15 is 0 Å². The lowest BCUT2D eigenvalue weighted by molar-refractivity contribution is -0.886. The van der Waals surface area contributed by atoms with Crippen LogP contribution >= 0.6 is 11.6 Å². The molecule has 1 fully saturated rings. The van der Waals surface area contributed by atoms with Crippen molar-refractivity contribution < 1.29 is 13.3 Å². The first kappa shape index (κ1) is 16.9. The topological polar surface area (TPSA) is 41.8 Å². The molecule has 1 N–H and O–H groups in total. The van der Waals surface area contributed by atoms with Gasteiger partial charge >= 0.3 is 0 Å². The molecule has 4 nitrogen and oxygen atoms in total. The van der Waals surface area contributed by atoms with Crippen molar-refractivity contribution in [3.05, 3.63) is 58.6 Å². The summed E-state index contributed by atoms with van der Waals surface area (Å²) in [5, 5.41) is 0.439. The molecule has 132 valence electrons. The number of piperidine rings is 1. The molecule has 4 rings (SSSR count). The van der Waals surface area contributed by atoms with Crippen molar-refractivity contribution in [2.45, 2.75) is 30.2 Å². The van der Waals surface area contributed by atoms with Crippen LogP contribution in [0.25, 0.3) is 0 Å². The van der Waals surface area contributed by atoms with Crippen molar-refractivity contribution in [1.29, 1.82) is 0 Å². The second-order valence-electron chi connectivity index (χ2n) is 7.19. The van der Waals surface area contributed by atoms with Crippen LogP contribution in [0, 0.1) is 6.92 Å². The summed E-state index contributed by atoms with van der Waals surface area (Å²) in [5.74, 6) is 0.248. The van der Waals surface area contributed by atoms with Crippen molar-refractivity contribution in [2.75, 3.05) is 24.4 Å². The zero-order chi connectivity index (χ0) is 17.8. The van der Waals surface area contributed by atoms with Gasteiger partial charge in [-0.3, -0.25) is 4.31 Å². The van der Waals surface area contributed by atoms with Crippen LogP contribution in [0.3, 0.4) is 0 Å². The molecule has 0 aromatic heterocycles. The van der Waals surface area contributed by atoms with E-state index in [2.05, 4.69) is 20.0 Å². The number of halogens is 1. The Kier molecular flexibility index (Phi) is 4.06. The normalized spacial score (nSPS) is 25.6. The van der Waals surface area contributed by atoms with Crippen molar-refractivity contribution in [2.24, 2.45) is 0 Å². The SMILES string of the molecule is Cc1ccc2c(c1)[C@@H]1C[NH+](C)CC[C@@H]1N2S(=O)(=O)c1cccc(Cl)c1. The number of hydrogen-bond acceptors (Lipinski definition) is 2. The van der Waals surface area contributed by atoms with E-state index in [1.165, 1.54) is 16.5 Å².